The van der Waals surface area contributed by atoms with Gasteiger partial charge in [0.05, 0.1) is 5.56 Å². The van der Waals surface area contributed by atoms with Crippen LogP contribution < -0.4 is 10.1 Å². The number of benzene rings is 1. The zero-order valence-electron chi connectivity index (χ0n) is 16.5. The molecule has 3 aliphatic carbocycles. The Kier molecular flexibility index (Phi) is 4.60. The highest BCUT2D eigenvalue weighted by Crippen LogP contribution is 2.69. The first-order valence-electron chi connectivity index (χ1n) is 9.92. The van der Waals surface area contributed by atoms with Crippen LogP contribution in [0.4, 0.5) is 0 Å². The lowest BCUT2D eigenvalue weighted by Gasteiger charge is -2.70. The Bertz CT molecular complexity index is 1150. The van der Waals surface area contributed by atoms with E-state index in [0.29, 0.717) is 22.8 Å². The second kappa shape index (κ2) is 7.06. The summed E-state index contributed by atoms with van der Waals surface area (Å²) in [6, 6.07) is 9.24. The Labute approximate surface area is 183 Å². The minimum atomic E-state index is -0.158. The van der Waals surface area contributed by atoms with Crippen LogP contribution in [0.2, 0.25) is 5.02 Å². The van der Waals surface area contributed by atoms with E-state index in [4.69, 9.17) is 16.3 Å². The van der Waals surface area contributed by atoms with Crippen molar-refractivity contribution in [3.63, 3.8) is 0 Å². The third kappa shape index (κ3) is 3.48. The Morgan fingerprint density at radius 3 is 2.80 bits per heavy atom. The van der Waals surface area contributed by atoms with Gasteiger partial charge in [0.2, 0.25) is 0 Å². The number of nitrogens with one attached hydrogen (secondary N) is 1. The van der Waals surface area contributed by atoms with Crippen molar-refractivity contribution in [2.24, 2.45) is 5.41 Å². The quantitative estimate of drug-likeness (QED) is 0.564. The highest BCUT2D eigenvalue weighted by atomic mass is 35.5. The minimum Gasteiger partial charge on any atom is -0.486 e. The van der Waals surface area contributed by atoms with Gasteiger partial charge >= 0.3 is 0 Å². The van der Waals surface area contributed by atoms with Crippen molar-refractivity contribution in [1.29, 1.82) is 0 Å². The normalized spacial score (nSPS) is 24.1. The monoisotopic (exact) mass is 440 g/mol. The molecule has 3 fully saturated rings. The van der Waals surface area contributed by atoms with Crippen molar-refractivity contribution in [3.8, 4) is 5.75 Å². The van der Waals surface area contributed by atoms with Crippen molar-refractivity contribution < 1.29 is 14.3 Å². The standard InChI is InChI=1S/C23H21ClN2O3S/c1-14-6-18(2-3-19(14)24)29-10-17(27)8-22-11-23(12-22,13-22)26-20(28)16-7-15-4-5-30-21(15)25-9-16/h2-7,9H,8,10-13H2,1H3,(H,26,28). The largest absolute Gasteiger partial charge is 0.486 e. The van der Waals surface area contributed by atoms with E-state index < -0.39 is 0 Å². The van der Waals surface area contributed by atoms with Gasteiger partial charge in [-0.2, -0.15) is 0 Å². The number of Topliss-reactive ketones (excluding diaryl/α,β-unsaturated/α-hetero) is 1. The molecule has 1 amide bonds. The number of aryl methyl sites for hydroxylation is 1. The van der Waals surface area contributed by atoms with Gasteiger partial charge in [-0.1, -0.05) is 11.6 Å². The summed E-state index contributed by atoms with van der Waals surface area (Å²) >= 11 is 7.58. The number of carbonyl (C=O) groups is 2. The maximum absolute atomic E-state index is 12.6. The average molecular weight is 441 g/mol. The number of hydrogen-bond acceptors (Lipinski definition) is 5. The molecule has 0 unspecified atom stereocenters. The molecule has 0 aliphatic heterocycles. The van der Waals surface area contributed by atoms with Gasteiger partial charge in [0, 0.05) is 28.6 Å². The number of amides is 1. The number of ether oxygens (including phenoxy) is 1. The van der Waals surface area contributed by atoms with E-state index in [-0.39, 0.29) is 29.3 Å². The van der Waals surface area contributed by atoms with Crippen molar-refractivity contribution >= 4 is 44.8 Å². The molecular formula is C23H21ClN2O3S. The smallest absolute Gasteiger partial charge is 0.253 e. The molecule has 0 spiro atoms. The molecule has 5 nitrogen and oxygen atoms in total. The molecule has 0 radical (unpaired) electrons. The molecule has 0 atom stereocenters. The molecule has 3 aromatic rings. The van der Waals surface area contributed by atoms with E-state index in [1.54, 1.807) is 29.7 Å². The average Bonchev–Trinajstić information content (AvgIpc) is 3.14. The van der Waals surface area contributed by atoms with Crippen LogP contribution >= 0.6 is 22.9 Å². The Morgan fingerprint density at radius 1 is 1.23 bits per heavy atom. The van der Waals surface area contributed by atoms with Gasteiger partial charge in [-0.05, 0) is 72.9 Å². The van der Waals surface area contributed by atoms with E-state index in [2.05, 4.69) is 10.3 Å². The Hall–Kier alpha value is -2.44. The van der Waals surface area contributed by atoms with E-state index in [0.717, 1.165) is 35.0 Å². The molecule has 2 heterocycles. The van der Waals surface area contributed by atoms with Crippen molar-refractivity contribution in [3.05, 3.63) is 58.1 Å². The van der Waals surface area contributed by atoms with Crippen LogP contribution in [-0.4, -0.2) is 28.8 Å². The number of nitrogens with zero attached hydrogens (tertiary/aromatic N) is 1. The molecule has 7 heteroatoms. The first kappa shape index (κ1) is 19.5. The molecule has 1 N–H and O–H groups in total. The summed E-state index contributed by atoms with van der Waals surface area (Å²) < 4.78 is 5.63. The van der Waals surface area contributed by atoms with E-state index in [9.17, 15) is 9.59 Å². The van der Waals surface area contributed by atoms with Crippen molar-refractivity contribution in [2.75, 3.05) is 6.61 Å². The molecule has 3 aliphatic rings. The van der Waals surface area contributed by atoms with Gasteiger partial charge in [-0.25, -0.2) is 4.98 Å². The number of rotatable bonds is 7. The molecule has 154 valence electrons. The number of fused-ring (bicyclic) bond motifs is 1. The first-order valence-corrected chi connectivity index (χ1v) is 11.2. The number of carbonyl (C=O) groups excluding carboxylic acids is 2. The number of aromatic nitrogens is 1. The third-order valence-electron chi connectivity index (χ3n) is 6.19. The fourth-order valence-corrected chi connectivity index (χ4v) is 5.79. The number of hydrogen-bond donors (Lipinski definition) is 1. The van der Waals surface area contributed by atoms with Gasteiger partial charge in [-0.3, -0.25) is 9.59 Å². The second-order valence-corrected chi connectivity index (χ2v) is 10.0. The van der Waals surface area contributed by atoms with Crippen LogP contribution in [0.3, 0.4) is 0 Å². The molecule has 2 aromatic heterocycles. The fourth-order valence-electron chi connectivity index (χ4n) is 4.95. The Balaban J connectivity index is 1.11. The SMILES string of the molecule is Cc1cc(OCC(=O)CC23CC(NC(=O)c4cnc5sccc5c4)(C2)C3)ccc1Cl. The molecular weight excluding hydrogens is 420 g/mol. The molecule has 1 aromatic carbocycles. The fraction of sp³-hybridized carbons (Fsp3) is 0.348. The summed E-state index contributed by atoms with van der Waals surface area (Å²) in [5.41, 5.74) is 1.38. The van der Waals surface area contributed by atoms with Crippen LogP contribution in [-0.2, 0) is 4.79 Å². The van der Waals surface area contributed by atoms with Crippen LogP contribution in [0.15, 0.2) is 41.9 Å². The van der Waals surface area contributed by atoms with Gasteiger partial charge in [0.1, 0.15) is 17.2 Å². The van der Waals surface area contributed by atoms with Gasteiger partial charge in [0.25, 0.3) is 5.91 Å². The zero-order valence-corrected chi connectivity index (χ0v) is 18.1. The van der Waals surface area contributed by atoms with Crippen molar-refractivity contribution in [2.45, 2.75) is 38.1 Å². The summed E-state index contributed by atoms with van der Waals surface area (Å²) in [7, 11) is 0. The number of halogens is 1. The number of thiophene rings is 1. The highest BCUT2D eigenvalue weighted by molar-refractivity contribution is 7.16. The molecule has 6 rings (SSSR count). The highest BCUT2D eigenvalue weighted by Gasteiger charge is 2.68. The Morgan fingerprint density at radius 2 is 2.03 bits per heavy atom. The summed E-state index contributed by atoms with van der Waals surface area (Å²) in [6.07, 6.45) is 4.69. The summed E-state index contributed by atoms with van der Waals surface area (Å²) in [5.74, 6) is 0.661. The lowest BCUT2D eigenvalue weighted by atomic mass is 9.38. The summed E-state index contributed by atoms with van der Waals surface area (Å²) in [5, 5.41) is 6.81. The summed E-state index contributed by atoms with van der Waals surface area (Å²) in [6.45, 7) is 1.97. The second-order valence-electron chi connectivity index (χ2n) is 8.72. The van der Waals surface area contributed by atoms with E-state index in [1.165, 1.54) is 0 Å². The molecule has 0 saturated heterocycles. The molecule has 2 bridgehead atoms. The lowest BCUT2D eigenvalue weighted by Crippen LogP contribution is -2.75. The third-order valence-corrected chi connectivity index (χ3v) is 7.45. The lowest BCUT2D eigenvalue weighted by molar-refractivity contribution is -0.162. The molecule has 30 heavy (non-hydrogen) atoms. The zero-order chi connectivity index (χ0) is 20.9. The van der Waals surface area contributed by atoms with Crippen molar-refractivity contribution in [1.82, 2.24) is 10.3 Å². The van der Waals surface area contributed by atoms with Crippen LogP contribution in [0.5, 0.6) is 5.75 Å². The van der Waals surface area contributed by atoms with E-state index in [1.807, 2.05) is 30.5 Å². The first-order chi connectivity index (χ1) is 14.4. The van der Waals surface area contributed by atoms with Gasteiger partial charge in [-0.15, -0.1) is 11.3 Å². The van der Waals surface area contributed by atoms with Crippen LogP contribution in [0.25, 0.3) is 10.2 Å². The molecule has 3 saturated carbocycles. The maximum atomic E-state index is 12.6. The predicted molar refractivity (Wildman–Crippen MR) is 117 cm³/mol. The number of pyridine rings is 1. The topological polar surface area (TPSA) is 68.3 Å². The van der Waals surface area contributed by atoms with E-state index >= 15 is 0 Å². The minimum absolute atomic E-state index is 0.0270. The van der Waals surface area contributed by atoms with Crippen LogP contribution in [0, 0.1) is 12.3 Å². The number of ketones is 1. The summed E-state index contributed by atoms with van der Waals surface area (Å²) in [4.78, 5) is 30.3. The van der Waals surface area contributed by atoms with Gasteiger partial charge in [0.15, 0.2) is 5.78 Å². The predicted octanol–water partition coefficient (Wildman–Crippen LogP) is 4.95. The van der Waals surface area contributed by atoms with Gasteiger partial charge < -0.3 is 10.1 Å². The van der Waals surface area contributed by atoms with Crippen LogP contribution in [0.1, 0.15) is 41.6 Å². The maximum Gasteiger partial charge on any atom is 0.253 e.